The number of nitrogens with zero attached hydrogens (tertiary/aromatic N) is 4. The second-order valence-electron chi connectivity index (χ2n) is 7.45. The zero-order chi connectivity index (χ0) is 21.0. The van der Waals surface area contributed by atoms with E-state index in [0.29, 0.717) is 28.3 Å². The van der Waals surface area contributed by atoms with Gasteiger partial charge in [-0.25, -0.2) is 9.78 Å². The Morgan fingerprint density at radius 1 is 1.27 bits per heavy atom. The maximum Gasteiger partial charge on any atom is 0.333 e. The van der Waals surface area contributed by atoms with Gasteiger partial charge in [-0.1, -0.05) is 23.7 Å². The third-order valence-electron chi connectivity index (χ3n) is 5.54. The molecule has 0 bridgehead atoms. The summed E-state index contributed by atoms with van der Waals surface area (Å²) in [6.45, 7) is 0. The van der Waals surface area contributed by atoms with Crippen molar-refractivity contribution >= 4 is 45.1 Å². The van der Waals surface area contributed by atoms with Gasteiger partial charge in [-0.3, -0.25) is 13.9 Å². The zero-order valence-electron chi connectivity index (χ0n) is 16.0. The molecule has 1 aliphatic rings. The summed E-state index contributed by atoms with van der Waals surface area (Å²) in [6, 6.07) is 15.0. The monoisotopic (exact) mass is 417 g/mol. The first-order chi connectivity index (χ1) is 14.5. The predicted octanol–water partition coefficient (Wildman–Crippen LogP) is 3.63. The number of pyridine rings is 1. The molecule has 30 heavy (non-hydrogen) atoms. The van der Waals surface area contributed by atoms with E-state index in [1.165, 1.54) is 0 Å². The Labute approximate surface area is 176 Å². The number of hydrogen-bond acceptors (Lipinski definition) is 4. The number of nitriles is 1. The summed E-state index contributed by atoms with van der Waals surface area (Å²) in [6.07, 6.45) is 2.17. The molecule has 1 aliphatic carbocycles. The number of nitrogens with one attached hydrogen (secondary N) is 1. The zero-order valence-corrected chi connectivity index (χ0v) is 16.7. The van der Waals surface area contributed by atoms with Crippen LogP contribution in [0.15, 0.2) is 53.5 Å². The molecule has 0 saturated heterocycles. The number of halogens is 1. The van der Waals surface area contributed by atoms with Crippen LogP contribution >= 0.6 is 11.6 Å². The normalized spacial score (nSPS) is 17.8. The number of anilines is 1. The van der Waals surface area contributed by atoms with E-state index in [2.05, 4.69) is 16.4 Å². The van der Waals surface area contributed by atoms with Crippen LogP contribution in [0.4, 0.5) is 5.82 Å². The molecular weight excluding hydrogens is 402 g/mol. The molecule has 2 aromatic carbocycles. The molecule has 1 fully saturated rings. The van der Waals surface area contributed by atoms with Crippen LogP contribution in [0.25, 0.3) is 27.5 Å². The van der Waals surface area contributed by atoms with Crippen LogP contribution in [0.5, 0.6) is 0 Å². The predicted molar refractivity (Wildman–Crippen MR) is 115 cm³/mol. The van der Waals surface area contributed by atoms with Crippen LogP contribution in [0.2, 0.25) is 5.02 Å². The molecule has 2 aromatic heterocycles. The van der Waals surface area contributed by atoms with E-state index in [4.69, 9.17) is 16.9 Å². The van der Waals surface area contributed by atoms with Gasteiger partial charge in [0, 0.05) is 18.6 Å². The van der Waals surface area contributed by atoms with Gasteiger partial charge in [0.2, 0.25) is 5.91 Å². The van der Waals surface area contributed by atoms with Crippen LogP contribution in [0, 0.1) is 23.2 Å². The number of rotatable bonds is 3. The summed E-state index contributed by atoms with van der Waals surface area (Å²) < 4.78 is 3.20. The Balaban J connectivity index is 1.60. The molecule has 1 amide bonds. The highest BCUT2D eigenvalue weighted by Crippen LogP contribution is 2.38. The third-order valence-corrected chi connectivity index (χ3v) is 5.85. The SMILES string of the molecule is Cn1c(=O)n(-c2cc(Cl)c3cnc(NC(=O)[C@H]4C[C@@H]4C#N)cc3c2)c2ccccc21. The summed E-state index contributed by atoms with van der Waals surface area (Å²) in [7, 11) is 1.73. The van der Waals surface area contributed by atoms with Gasteiger partial charge in [0.25, 0.3) is 0 Å². The molecular formula is C22H16ClN5O2. The van der Waals surface area contributed by atoms with Crippen molar-refractivity contribution < 1.29 is 4.79 Å². The van der Waals surface area contributed by atoms with E-state index < -0.39 is 0 Å². The molecule has 2 heterocycles. The molecule has 2 atom stereocenters. The molecule has 1 N–H and O–H groups in total. The minimum absolute atomic E-state index is 0.175. The summed E-state index contributed by atoms with van der Waals surface area (Å²) in [4.78, 5) is 29.4. The van der Waals surface area contributed by atoms with Crippen molar-refractivity contribution in [2.24, 2.45) is 18.9 Å². The van der Waals surface area contributed by atoms with Gasteiger partial charge in [-0.05, 0) is 42.1 Å². The minimum Gasteiger partial charge on any atom is -0.310 e. The van der Waals surface area contributed by atoms with E-state index in [-0.39, 0.29) is 23.4 Å². The maximum atomic E-state index is 12.9. The highest BCUT2D eigenvalue weighted by molar-refractivity contribution is 6.35. The van der Waals surface area contributed by atoms with E-state index in [9.17, 15) is 9.59 Å². The molecule has 148 valence electrons. The van der Waals surface area contributed by atoms with Crippen molar-refractivity contribution in [1.82, 2.24) is 14.1 Å². The standard InChI is InChI=1S/C22H16ClN5O2/c1-27-18-4-2-3-5-19(18)28(22(27)30)14-6-12-8-20(25-11-16(12)17(23)9-14)26-21(29)15-7-13(15)10-24/h2-6,8-9,11,13,15H,7H2,1H3,(H,25,26,29)/t13-,15+/m1/s1. The Hall–Kier alpha value is -3.63. The lowest BCUT2D eigenvalue weighted by atomic mass is 10.1. The fourth-order valence-corrected chi connectivity index (χ4v) is 4.05. The number of para-hydroxylation sites is 2. The Morgan fingerprint density at radius 2 is 2.03 bits per heavy atom. The maximum absolute atomic E-state index is 12.9. The highest BCUT2D eigenvalue weighted by Gasteiger charge is 2.43. The van der Waals surface area contributed by atoms with Gasteiger partial charge in [0.05, 0.1) is 39.6 Å². The number of fused-ring (bicyclic) bond motifs is 2. The quantitative estimate of drug-likeness (QED) is 0.550. The van der Waals surface area contributed by atoms with E-state index in [1.54, 1.807) is 34.5 Å². The lowest BCUT2D eigenvalue weighted by Gasteiger charge is -2.09. The van der Waals surface area contributed by atoms with Gasteiger partial charge < -0.3 is 5.32 Å². The van der Waals surface area contributed by atoms with Crippen LogP contribution < -0.4 is 11.0 Å². The van der Waals surface area contributed by atoms with Crippen molar-refractivity contribution in [2.45, 2.75) is 6.42 Å². The smallest absolute Gasteiger partial charge is 0.310 e. The Bertz CT molecular complexity index is 1450. The van der Waals surface area contributed by atoms with Crippen molar-refractivity contribution in [3.8, 4) is 11.8 Å². The van der Waals surface area contributed by atoms with Crippen molar-refractivity contribution in [1.29, 1.82) is 5.26 Å². The van der Waals surface area contributed by atoms with Gasteiger partial charge in [-0.2, -0.15) is 5.26 Å². The molecule has 0 spiro atoms. The van der Waals surface area contributed by atoms with Gasteiger partial charge >= 0.3 is 5.69 Å². The summed E-state index contributed by atoms with van der Waals surface area (Å²) in [5.41, 5.74) is 2.05. The average Bonchev–Trinajstić information content (AvgIpc) is 3.49. The van der Waals surface area contributed by atoms with E-state index >= 15 is 0 Å². The first kappa shape index (κ1) is 18.4. The largest absolute Gasteiger partial charge is 0.333 e. The van der Waals surface area contributed by atoms with Crippen molar-refractivity contribution in [3.05, 3.63) is 64.2 Å². The topological polar surface area (TPSA) is 92.7 Å². The van der Waals surface area contributed by atoms with Crippen LogP contribution in [-0.4, -0.2) is 20.0 Å². The van der Waals surface area contributed by atoms with Gasteiger partial charge in [0.1, 0.15) is 5.82 Å². The first-order valence-electron chi connectivity index (χ1n) is 9.44. The van der Waals surface area contributed by atoms with Gasteiger partial charge in [0.15, 0.2) is 0 Å². The van der Waals surface area contributed by atoms with Crippen molar-refractivity contribution in [3.63, 3.8) is 0 Å². The molecule has 8 heteroatoms. The van der Waals surface area contributed by atoms with Crippen LogP contribution in [0.3, 0.4) is 0 Å². The highest BCUT2D eigenvalue weighted by atomic mass is 35.5. The molecule has 4 aromatic rings. The molecule has 0 radical (unpaired) electrons. The Morgan fingerprint density at radius 3 is 2.77 bits per heavy atom. The van der Waals surface area contributed by atoms with E-state index in [0.717, 1.165) is 16.4 Å². The molecule has 1 saturated carbocycles. The molecule has 5 rings (SSSR count). The van der Waals surface area contributed by atoms with Gasteiger partial charge in [-0.15, -0.1) is 0 Å². The van der Waals surface area contributed by atoms with Crippen molar-refractivity contribution in [2.75, 3.05) is 5.32 Å². The Kier molecular flexibility index (Phi) is 4.12. The first-order valence-corrected chi connectivity index (χ1v) is 9.82. The minimum atomic E-state index is -0.281. The number of carbonyl (C=O) groups is 1. The number of carbonyl (C=O) groups excluding carboxylic acids is 1. The fourth-order valence-electron chi connectivity index (χ4n) is 3.78. The lowest BCUT2D eigenvalue weighted by Crippen LogP contribution is -2.20. The fraction of sp³-hybridized carbons (Fsp3) is 0.182. The average molecular weight is 418 g/mol. The number of benzene rings is 2. The molecule has 0 aliphatic heterocycles. The van der Waals surface area contributed by atoms with Crippen LogP contribution in [0.1, 0.15) is 6.42 Å². The second kappa shape index (κ2) is 6.71. The number of aryl methyl sites for hydroxylation is 1. The number of amides is 1. The second-order valence-corrected chi connectivity index (χ2v) is 7.86. The summed E-state index contributed by atoms with van der Waals surface area (Å²) >= 11 is 6.49. The summed E-state index contributed by atoms with van der Waals surface area (Å²) in [5, 5.41) is 13.6. The third kappa shape index (κ3) is 2.85. The lowest BCUT2D eigenvalue weighted by molar-refractivity contribution is -0.117. The number of hydrogen-bond donors (Lipinski definition) is 1. The number of imidazole rings is 1. The summed E-state index contributed by atoms with van der Waals surface area (Å²) in [5.74, 6) is -0.322. The molecule has 7 nitrogen and oxygen atoms in total. The molecule has 0 unspecified atom stereocenters. The van der Waals surface area contributed by atoms with Crippen LogP contribution in [-0.2, 0) is 11.8 Å². The van der Waals surface area contributed by atoms with E-state index in [1.807, 2.05) is 30.3 Å². The number of aromatic nitrogens is 3.